The lowest BCUT2D eigenvalue weighted by Gasteiger charge is -2.25. The number of amides is 1. The molecular formula is C28H26ClNO5. The first-order valence-electron chi connectivity index (χ1n) is 11.3. The van der Waals surface area contributed by atoms with E-state index in [4.69, 9.17) is 21.1 Å². The molecule has 1 atom stereocenters. The molecular weight excluding hydrogens is 466 g/mol. The van der Waals surface area contributed by atoms with E-state index in [2.05, 4.69) is 0 Å². The van der Waals surface area contributed by atoms with Crippen molar-refractivity contribution in [3.05, 3.63) is 106 Å². The maximum absolute atomic E-state index is 13.1. The van der Waals surface area contributed by atoms with Crippen molar-refractivity contribution >= 4 is 29.1 Å². The number of hydrogen-bond donors (Lipinski definition) is 1. The first-order chi connectivity index (χ1) is 17.0. The third kappa shape index (κ3) is 5.56. The molecule has 0 saturated carbocycles. The van der Waals surface area contributed by atoms with Crippen molar-refractivity contribution in [3.8, 4) is 5.75 Å². The number of likely N-dealkylation sites (tertiary alicyclic amines) is 1. The van der Waals surface area contributed by atoms with Crippen LogP contribution < -0.4 is 4.74 Å². The van der Waals surface area contributed by atoms with Gasteiger partial charge in [0.1, 0.15) is 18.1 Å². The van der Waals surface area contributed by atoms with E-state index in [1.807, 2.05) is 48.5 Å². The van der Waals surface area contributed by atoms with Crippen molar-refractivity contribution in [1.29, 1.82) is 0 Å². The molecule has 1 heterocycles. The zero-order valence-electron chi connectivity index (χ0n) is 19.3. The van der Waals surface area contributed by atoms with Gasteiger partial charge in [0.05, 0.1) is 11.6 Å². The molecule has 1 N–H and O–H groups in total. The van der Waals surface area contributed by atoms with Crippen LogP contribution in [0.5, 0.6) is 5.75 Å². The van der Waals surface area contributed by atoms with Gasteiger partial charge in [-0.15, -0.1) is 0 Å². The number of hydrogen-bond acceptors (Lipinski definition) is 5. The van der Waals surface area contributed by atoms with Gasteiger partial charge in [-0.1, -0.05) is 66.2 Å². The third-order valence-electron chi connectivity index (χ3n) is 5.81. The highest BCUT2D eigenvalue weighted by Crippen LogP contribution is 2.40. The first-order valence-corrected chi connectivity index (χ1v) is 11.7. The van der Waals surface area contributed by atoms with Crippen molar-refractivity contribution in [2.45, 2.75) is 19.1 Å². The summed E-state index contributed by atoms with van der Waals surface area (Å²) >= 11 is 6.11. The molecule has 0 bridgehead atoms. The Morgan fingerprint density at radius 1 is 1.00 bits per heavy atom. The van der Waals surface area contributed by atoms with Gasteiger partial charge < -0.3 is 19.5 Å². The first kappa shape index (κ1) is 24.5. The fourth-order valence-corrected chi connectivity index (χ4v) is 4.33. The van der Waals surface area contributed by atoms with Gasteiger partial charge in [-0.25, -0.2) is 0 Å². The molecule has 1 amide bonds. The van der Waals surface area contributed by atoms with Gasteiger partial charge in [0.25, 0.3) is 11.7 Å². The third-order valence-corrected chi connectivity index (χ3v) is 6.04. The molecule has 4 rings (SSSR count). The van der Waals surface area contributed by atoms with Gasteiger partial charge in [0.15, 0.2) is 0 Å². The summed E-state index contributed by atoms with van der Waals surface area (Å²) in [6.45, 7) is 1.11. The molecule has 1 aliphatic heterocycles. The second-order valence-corrected chi connectivity index (χ2v) is 8.63. The molecule has 3 aromatic rings. The van der Waals surface area contributed by atoms with E-state index < -0.39 is 17.7 Å². The van der Waals surface area contributed by atoms with Crippen LogP contribution in [-0.2, 0) is 20.9 Å². The second-order valence-electron chi connectivity index (χ2n) is 8.20. The lowest BCUT2D eigenvalue weighted by atomic mass is 9.95. The summed E-state index contributed by atoms with van der Waals surface area (Å²) in [5.41, 5.74) is 2.07. The van der Waals surface area contributed by atoms with E-state index in [-0.39, 0.29) is 11.3 Å². The number of rotatable bonds is 9. The van der Waals surface area contributed by atoms with E-state index in [0.717, 1.165) is 5.56 Å². The maximum atomic E-state index is 13.1. The SMILES string of the molecule is COCCCN1C(=O)C(=O)/C(=C(\O)c2cccc(Cl)c2)C1c1cccc(OCc2ccccc2)c1. The van der Waals surface area contributed by atoms with Crippen LogP contribution in [0.4, 0.5) is 0 Å². The molecule has 1 saturated heterocycles. The van der Waals surface area contributed by atoms with Crippen molar-refractivity contribution in [2.75, 3.05) is 20.3 Å². The number of benzene rings is 3. The van der Waals surface area contributed by atoms with Crippen molar-refractivity contribution in [3.63, 3.8) is 0 Å². The topological polar surface area (TPSA) is 76.1 Å². The summed E-state index contributed by atoms with van der Waals surface area (Å²) in [7, 11) is 1.58. The Labute approximate surface area is 209 Å². The summed E-state index contributed by atoms with van der Waals surface area (Å²) in [5, 5.41) is 11.6. The summed E-state index contributed by atoms with van der Waals surface area (Å²) in [6.07, 6.45) is 0.543. The number of aliphatic hydroxyl groups excluding tert-OH is 1. The molecule has 6 nitrogen and oxygen atoms in total. The predicted octanol–water partition coefficient (Wildman–Crippen LogP) is 5.38. The number of ether oxygens (including phenoxy) is 2. The lowest BCUT2D eigenvalue weighted by Crippen LogP contribution is -2.31. The molecule has 0 aliphatic carbocycles. The van der Waals surface area contributed by atoms with E-state index >= 15 is 0 Å². The predicted molar refractivity (Wildman–Crippen MR) is 134 cm³/mol. The van der Waals surface area contributed by atoms with Crippen molar-refractivity contribution in [2.24, 2.45) is 0 Å². The van der Waals surface area contributed by atoms with Crippen LogP contribution in [0.2, 0.25) is 5.02 Å². The molecule has 3 aromatic carbocycles. The number of halogens is 1. The standard InChI is InChI=1S/C28H26ClNO5/c1-34-15-7-14-30-25(20-10-6-13-23(17-20)35-18-19-8-3-2-4-9-19)24(27(32)28(30)33)26(31)21-11-5-12-22(29)16-21/h2-6,8-13,16-17,25,31H,7,14-15,18H2,1H3/b26-24-. The van der Waals surface area contributed by atoms with Crippen LogP contribution in [0.25, 0.3) is 5.76 Å². The molecule has 180 valence electrons. The van der Waals surface area contributed by atoms with Crippen LogP contribution in [0.3, 0.4) is 0 Å². The van der Waals surface area contributed by atoms with Crippen LogP contribution in [-0.4, -0.2) is 42.0 Å². The average molecular weight is 492 g/mol. The fraction of sp³-hybridized carbons (Fsp3) is 0.214. The van der Waals surface area contributed by atoms with Gasteiger partial charge in [-0.05, 0) is 41.8 Å². The van der Waals surface area contributed by atoms with E-state index in [1.54, 1.807) is 37.4 Å². The molecule has 0 radical (unpaired) electrons. The minimum Gasteiger partial charge on any atom is -0.507 e. The zero-order chi connectivity index (χ0) is 24.8. The lowest BCUT2D eigenvalue weighted by molar-refractivity contribution is -0.140. The van der Waals surface area contributed by atoms with Gasteiger partial charge >= 0.3 is 0 Å². The number of Topliss-reactive ketones (excluding diaryl/α,β-unsaturated/α-hetero) is 1. The number of carbonyl (C=O) groups is 2. The quantitative estimate of drug-likeness (QED) is 0.188. The van der Waals surface area contributed by atoms with Crippen molar-refractivity contribution in [1.82, 2.24) is 4.90 Å². The molecule has 1 aliphatic rings. The summed E-state index contributed by atoms with van der Waals surface area (Å²) in [5.74, 6) is -1.07. The van der Waals surface area contributed by atoms with Gasteiger partial charge in [-0.2, -0.15) is 0 Å². The van der Waals surface area contributed by atoms with Crippen LogP contribution in [0.1, 0.15) is 29.2 Å². The number of nitrogens with zero attached hydrogens (tertiary/aromatic N) is 1. The Kier molecular flexibility index (Phi) is 7.85. The minimum absolute atomic E-state index is 0.0230. The Morgan fingerprint density at radius 2 is 1.77 bits per heavy atom. The van der Waals surface area contributed by atoms with E-state index in [9.17, 15) is 14.7 Å². The van der Waals surface area contributed by atoms with E-state index in [0.29, 0.717) is 48.1 Å². The second kappa shape index (κ2) is 11.2. The number of aliphatic hydroxyl groups is 1. The fourth-order valence-electron chi connectivity index (χ4n) is 4.14. The van der Waals surface area contributed by atoms with Crippen molar-refractivity contribution < 1.29 is 24.2 Å². The number of ketones is 1. The van der Waals surface area contributed by atoms with Crippen LogP contribution >= 0.6 is 11.6 Å². The molecule has 1 fully saturated rings. The Hall–Kier alpha value is -3.61. The van der Waals surface area contributed by atoms with Gasteiger partial charge in [0.2, 0.25) is 0 Å². The number of methoxy groups -OCH3 is 1. The number of carbonyl (C=O) groups excluding carboxylic acids is 2. The van der Waals surface area contributed by atoms with Crippen LogP contribution in [0, 0.1) is 0 Å². The highest BCUT2D eigenvalue weighted by molar-refractivity contribution is 6.46. The highest BCUT2D eigenvalue weighted by Gasteiger charge is 2.45. The molecule has 1 unspecified atom stereocenters. The normalized spacial score (nSPS) is 17.1. The highest BCUT2D eigenvalue weighted by atomic mass is 35.5. The van der Waals surface area contributed by atoms with Gasteiger partial charge in [-0.3, -0.25) is 9.59 Å². The van der Waals surface area contributed by atoms with E-state index in [1.165, 1.54) is 4.90 Å². The molecule has 0 spiro atoms. The maximum Gasteiger partial charge on any atom is 0.295 e. The molecule has 7 heteroatoms. The molecule has 0 aromatic heterocycles. The Morgan fingerprint density at radius 3 is 2.51 bits per heavy atom. The summed E-state index contributed by atoms with van der Waals surface area (Å²) in [6, 6.07) is 22.8. The Bertz CT molecular complexity index is 1240. The average Bonchev–Trinajstić information content (AvgIpc) is 3.13. The molecule has 35 heavy (non-hydrogen) atoms. The summed E-state index contributed by atoms with van der Waals surface area (Å²) in [4.78, 5) is 27.6. The zero-order valence-corrected chi connectivity index (χ0v) is 20.1. The smallest absolute Gasteiger partial charge is 0.295 e. The Balaban J connectivity index is 1.73. The van der Waals surface area contributed by atoms with Crippen LogP contribution in [0.15, 0.2) is 84.4 Å². The summed E-state index contributed by atoms with van der Waals surface area (Å²) < 4.78 is 11.1. The monoisotopic (exact) mass is 491 g/mol. The van der Waals surface area contributed by atoms with Gasteiger partial charge in [0, 0.05) is 30.8 Å². The largest absolute Gasteiger partial charge is 0.507 e. The minimum atomic E-state index is -0.772.